The summed E-state index contributed by atoms with van der Waals surface area (Å²) in [5.74, 6) is 0.637. The molecule has 1 aromatic carbocycles. The minimum atomic E-state index is -0.112. The van der Waals surface area contributed by atoms with E-state index >= 15 is 0 Å². The van der Waals surface area contributed by atoms with Gasteiger partial charge in [0, 0.05) is 11.4 Å². The van der Waals surface area contributed by atoms with Crippen molar-refractivity contribution in [2.75, 3.05) is 12.1 Å². The standard InChI is InChI=1S/C17H15BrN2O2S2/c1-10-4-5-11(2)19(10)20-16(21)15(24-17(20)23)9-12-6-7-14(22-3)13(18)8-12/h4-9H,1-3H3/b15-9+. The van der Waals surface area contributed by atoms with Crippen LogP contribution in [0.3, 0.4) is 0 Å². The van der Waals surface area contributed by atoms with Crippen molar-refractivity contribution < 1.29 is 9.53 Å². The number of aromatic nitrogens is 1. The van der Waals surface area contributed by atoms with Crippen LogP contribution in [-0.2, 0) is 4.79 Å². The summed E-state index contributed by atoms with van der Waals surface area (Å²) in [6.07, 6.45) is 1.84. The zero-order valence-corrected chi connectivity index (χ0v) is 16.6. The van der Waals surface area contributed by atoms with Crippen molar-refractivity contribution in [3.05, 3.63) is 56.7 Å². The van der Waals surface area contributed by atoms with Gasteiger partial charge in [-0.25, -0.2) is 0 Å². The molecule has 1 amide bonds. The van der Waals surface area contributed by atoms with Crippen LogP contribution in [0.4, 0.5) is 0 Å². The fraction of sp³-hybridized carbons (Fsp3) is 0.176. The van der Waals surface area contributed by atoms with Crippen LogP contribution in [0.2, 0.25) is 0 Å². The van der Waals surface area contributed by atoms with E-state index < -0.39 is 0 Å². The van der Waals surface area contributed by atoms with Gasteiger partial charge in [-0.05, 0) is 77.9 Å². The zero-order valence-electron chi connectivity index (χ0n) is 13.4. The van der Waals surface area contributed by atoms with Crippen LogP contribution >= 0.6 is 39.9 Å². The lowest BCUT2D eigenvalue weighted by molar-refractivity contribution is -0.114. The number of aryl methyl sites for hydroxylation is 2. The van der Waals surface area contributed by atoms with Gasteiger partial charge < -0.3 is 4.74 Å². The molecule has 0 atom stereocenters. The molecule has 1 aliphatic rings. The average Bonchev–Trinajstić information content (AvgIpc) is 2.99. The monoisotopic (exact) mass is 422 g/mol. The Morgan fingerprint density at radius 3 is 2.46 bits per heavy atom. The number of thioether (sulfide) groups is 1. The van der Waals surface area contributed by atoms with Crippen molar-refractivity contribution in [2.24, 2.45) is 0 Å². The normalized spacial score (nSPS) is 16.3. The van der Waals surface area contributed by atoms with E-state index in [1.165, 1.54) is 11.8 Å². The third kappa shape index (κ3) is 3.03. The van der Waals surface area contributed by atoms with Crippen LogP contribution in [0.15, 0.2) is 39.7 Å². The fourth-order valence-electron chi connectivity index (χ4n) is 2.53. The maximum absolute atomic E-state index is 12.8. The summed E-state index contributed by atoms with van der Waals surface area (Å²) in [6.45, 7) is 3.91. The van der Waals surface area contributed by atoms with Crippen molar-refractivity contribution >= 4 is 56.2 Å². The second-order valence-electron chi connectivity index (χ2n) is 5.32. The van der Waals surface area contributed by atoms with Crippen LogP contribution < -0.4 is 9.75 Å². The number of carbonyl (C=O) groups excluding carboxylic acids is 1. The minimum absolute atomic E-state index is 0.112. The van der Waals surface area contributed by atoms with Gasteiger partial charge in [-0.1, -0.05) is 17.8 Å². The molecule has 124 valence electrons. The lowest BCUT2D eigenvalue weighted by Gasteiger charge is -2.20. The van der Waals surface area contributed by atoms with Crippen molar-refractivity contribution in [3.63, 3.8) is 0 Å². The number of thiocarbonyl (C=S) groups is 1. The molecular weight excluding hydrogens is 408 g/mol. The number of amides is 1. The molecule has 0 aliphatic carbocycles. The number of halogens is 1. The largest absolute Gasteiger partial charge is 0.496 e. The molecule has 0 bridgehead atoms. The highest BCUT2D eigenvalue weighted by molar-refractivity contribution is 9.10. The van der Waals surface area contributed by atoms with Crippen LogP contribution in [0.25, 0.3) is 6.08 Å². The molecule has 0 unspecified atom stereocenters. The Labute approximate surface area is 158 Å². The quantitative estimate of drug-likeness (QED) is 0.541. The molecule has 7 heteroatoms. The van der Waals surface area contributed by atoms with E-state index in [2.05, 4.69) is 15.9 Å². The Bertz CT molecular complexity index is 854. The topological polar surface area (TPSA) is 34.5 Å². The predicted octanol–water partition coefficient (Wildman–Crippen LogP) is 4.41. The number of hydrogen-bond acceptors (Lipinski definition) is 4. The second-order valence-corrected chi connectivity index (χ2v) is 7.85. The Balaban J connectivity index is 1.96. The molecule has 1 fully saturated rings. The summed E-state index contributed by atoms with van der Waals surface area (Å²) in [5.41, 5.74) is 2.85. The summed E-state index contributed by atoms with van der Waals surface area (Å²) in [6, 6.07) is 9.62. The number of benzene rings is 1. The highest BCUT2D eigenvalue weighted by Gasteiger charge is 2.34. The molecular formula is C17H15BrN2O2S2. The molecule has 0 radical (unpaired) electrons. The summed E-state index contributed by atoms with van der Waals surface area (Å²) < 4.78 is 8.45. The van der Waals surface area contributed by atoms with Gasteiger partial charge in [-0.3, -0.25) is 9.47 Å². The van der Waals surface area contributed by atoms with Gasteiger partial charge in [-0.2, -0.15) is 5.01 Å². The molecule has 1 saturated heterocycles. The van der Waals surface area contributed by atoms with Gasteiger partial charge in [0.05, 0.1) is 16.5 Å². The molecule has 2 heterocycles. The first-order valence-corrected chi connectivity index (χ1v) is 9.21. The lowest BCUT2D eigenvalue weighted by atomic mass is 10.2. The number of rotatable bonds is 3. The first-order valence-electron chi connectivity index (χ1n) is 7.19. The Kier molecular flexibility index (Phi) is 4.85. The van der Waals surface area contributed by atoms with E-state index in [1.54, 1.807) is 12.1 Å². The Morgan fingerprint density at radius 2 is 1.88 bits per heavy atom. The lowest BCUT2D eigenvalue weighted by Crippen LogP contribution is -2.39. The molecule has 0 saturated carbocycles. The van der Waals surface area contributed by atoms with E-state index in [0.29, 0.717) is 9.23 Å². The third-order valence-corrected chi connectivity index (χ3v) is 5.58. The van der Waals surface area contributed by atoms with Crippen molar-refractivity contribution in [1.82, 2.24) is 4.68 Å². The van der Waals surface area contributed by atoms with E-state index in [-0.39, 0.29) is 5.91 Å². The SMILES string of the molecule is COc1ccc(/C=C2/SC(=S)N(n3c(C)ccc3C)C2=O)cc1Br. The zero-order chi connectivity index (χ0) is 17.4. The Morgan fingerprint density at radius 1 is 1.21 bits per heavy atom. The fourth-order valence-corrected chi connectivity index (χ4v) is 4.33. The number of ether oxygens (including phenoxy) is 1. The van der Waals surface area contributed by atoms with Gasteiger partial charge >= 0.3 is 0 Å². The highest BCUT2D eigenvalue weighted by Crippen LogP contribution is 2.34. The maximum atomic E-state index is 12.8. The van der Waals surface area contributed by atoms with Crippen LogP contribution in [-0.4, -0.2) is 22.0 Å². The Hall–Kier alpha value is -1.57. The molecule has 3 rings (SSSR count). The smallest absolute Gasteiger partial charge is 0.285 e. The van der Waals surface area contributed by atoms with Gasteiger partial charge in [0.25, 0.3) is 5.91 Å². The second kappa shape index (κ2) is 6.74. The van der Waals surface area contributed by atoms with Crippen molar-refractivity contribution in [1.29, 1.82) is 0 Å². The van der Waals surface area contributed by atoms with Crippen LogP contribution in [0.5, 0.6) is 5.75 Å². The summed E-state index contributed by atoms with van der Waals surface area (Å²) in [4.78, 5) is 13.4. The predicted molar refractivity (Wildman–Crippen MR) is 106 cm³/mol. The van der Waals surface area contributed by atoms with Gasteiger partial charge in [0.1, 0.15) is 5.75 Å². The summed E-state index contributed by atoms with van der Waals surface area (Å²) >= 11 is 10.2. The number of methoxy groups -OCH3 is 1. The van der Waals surface area contributed by atoms with Crippen molar-refractivity contribution in [3.8, 4) is 5.75 Å². The molecule has 2 aromatic rings. The molecule has 4 nitrogen and oxygen atoms in total. The molecule has 0 N–H and O–H groups in total. The molecule has 1 aliphatic heterocycles. The first-order chi connectivity index (χ1) is 11.4. The van der Waals surface area contributed by atoms with E-state index in [1.807, 2.05) is 54.9 Å². The maximum Gasteiger partial charge on any atom is 0.285 e. The van der Waals surface area contributed by atoms with Crippen LogP contribution in [0.1, 0.15) is 17.0 Å². The third-order valence-electron chi connectivity index (χ3n) is 3.68. The number of hydrogen-bond donors (Lipinski definition) is 0. The van der Waals surface area contributed by atoms with Crippen molar-refractivity contribution in [2.45, 2.75) is 13.8 Å². The van der Waals surface area contributed by atoms with E-state index in [4.69, 9.17) is 17.0 Å². The van der Waals surface area contributed by atoms with E-state index in [0.717, 1.165) is 27.2 Å². The van der Waals surface area contributed by atoms with E-state index in [9.17, 15) is 4.79 Å². The number of carbonyl (C=O) groups is 1. The van der Waals surface area contributed by atoms with Gasteiger partial charge in [0.2, 0.25) is 0 Å². The molecule has 0 spiro atoms. The molecule has 24 heavy (non-hydrogen) atoms. The summed E-state index contributed by atoms with van der Waals surface area (Å²) in [5, 5.41) is 1.55. The van der Waals surface area contributed by atoms with Crippen LogP contribution in [0, 0.1) is 13.8 Å². The first kappa shape index (κ1) is 17.3. The van der Waals surface area contributed by atoms with Gasteiger partial charge in [-0.15, -0.1) is 0 Å². The average molecular weight is 423 g/mol. The minimum Gasteiger partial charge on any atom is -0.496 e. The number of nitrogens with zero attached hydrogens (tertiary/aromatic N) is 2. The summed E-state index contributed by atoms with van der Waals surface area (Å²) in [7, 11) is 1.62. The molecule has 1 aromatic heterocycles. The highest BCUT2D eigenvalue weighted by atomic mass is 79.9. The van der Waals surface area contributed by atoms with Gasteiger partial charge in [0.15, 0.2) is 4.32 Å².